The van der Waals surface area contributed by atoms with E-state index in [-0.39, 0.29) is 0 Å². The molecule has 0 amide bonds. The van der Waals surface area contributed by atoms with Gasteiger partial charge in [-0.15, -0.1) is 34.0 Å². The van der Waals surface area contributed by atoms with E-state index in [2.05, 4.69) is 78.9 Å². The summed E-state index contributed by atoms with van der Waals surface area (Å²) in [6.07, 6.45) is 0. The lowest BCUT2D eigenvalue weighted by molar-refractivity contribution is 1.62. The van der Waals surface area contributed by atoms with Gasteiger partial charge in [0.15, 0.2) is 0 Å². The molecule has 0 bridgehead atoms. The Hall–Kier alpha value is -2.17. The predicted molar refractivity (Wildman–Crippen MR) is 127 cm³/mol. The number of thiophene rings is 3. The average Bonchev–Trinajstić information content (AvgIpc) is 3.49. The van der Waals surface area contributed by atoms with Crippen LogP contribution in [0.15, 0.2) is 91.0 Å². The zero-order valence-corrected chi connectivity index (χ0v) is 18.0. The van der Waals surface area contributed by atoms with E-state index in [0.29, 0.717) is 0 Å². The lowest BCUT2D eigenvalue weighted by Gasteiger charge is -2.03. The molecule has 0 aliphatic rings. The molecule has 136 valence electrons. The van der Waals surface area contributed by atoms with Crippen LogP contribution in [-0.4, -0.2) is 0 Å². The zero-order valence-electron chi connectivity index (χ0n) is 14.8. The standard InChI is InChI=1S/C24H15ClS3/c25-24-15-14-23(28-24)22-13-12-21(27-22)20-11-10-19(26-20)18-8-6-17(7-9-18)16-4-2-1-3-5-16/h1-15H. The fraction of sp³-hybridized carbons (Fsp3) is 0. The fourth-order valence-electron chi connectivity index (χ4n) is 3.13. The van der Waals surface area contributed by atoms with Gasteiger partial charge in [-0.25, -0.2) is 0 Å². The van der Waals surface area contributed by atoms with Crippen molar-refractivity contribution in [3.8, 4) is 41.1 Å². The summed E-state index contributed by atoms with van der Waals surface area (Å²) >= 11 is 11.4. The highest BCUT2D eigenvalue weighted by Gasteiger charge is 2.10. The Morgan fingerprint density at radius 3 is 1.46 bits per heavy atom. The monoisotopic (exact) mass is 434 g/mol. The van der Waals surface area contributed by atoms with E-state index in [1.165, 1.54) is 41.1 Å². The maximum absolute atomic E-state index is 6.08. The fourth-order valence-corrected chi connectivity index (χ4v) is 6.37. The van der Waals surface area contributed by atoms with Gasteiger partial charge < -0.3 is 0 Å². The largest absolute Gasteiger partial charge is 0.134 e. The van der Waals surface area contributed by atoms with Crippen molar-refractivity contribution in [1.82, 2.24) is 0 Å². The lowest BCUT2D eigenvalue weighted by Crippen LogP contribution is -1.77. The van der Waals surface area contributed by atoms with Gasteiger partial charge in [-0.3, -0.25) is 0 Å². The van der Waals surface area contributed by atoms with Crippen molar-refractivity contribution < 1.29 is 0 Å². The summed E-state index contributed by atoms with van der Waals surface area (Å²) in [5.74, 6) is 0. The Bertz CT molecular complexity index is 1210. The normalized spacial score (nSPS) is 11.0. The van der Waals surface area contributed by atoms with Gasteiger partial charge in [-0.2, -0.15) is 0 Å². The Balaban J connectivity index is 1.40. The van der Waals surface area contributed by atoms with Crippen LogP contribution in [0.4, 0.5) is 0 Å². The predicted octanol–water partition coefficient (Wildman–Crippen LogP) is 9.19. The van der Waals surface area contributed by atoms with Crippen molar-refractivity contribution in [3.05, 3.63) is 95.3 Å². The van der Waals surface area contributed by atoms with E-state index >= 15 is 0 Å². The van der Waals surface area contributed by atoms with E-state index in [4.69, 9.17) is 11.6 Å². The second-order valence-electron chi connectivity index (χ2n) is 6.37. The van der Waals surface area contributed by atoms with Gasteiger partial charge in [0.1, 0.15) is 0 Å². The minimum absolute atomic E-state index is 0.835. The Morgan fingerprint density at radius 2 is 0.857 bits per heavy atom. The summed E-state index contributed by atoms with van der Waals surface area (Å²) in [5, 5.41) is 0. The van der Waals surface area contributed by atoms with Crippen molar-refractivity contribution in [3.63, 3.8) is 0 Å². The van der Waals surface area contributed by atoms with Crippen molar-refractivity contribution >= 4 is 45.6 Å². The number of hydrogen-bond acceptors (Lipinski definition) is 3. The van der Waals surface area contributed by atoms with Crippen molar-refractivity contribution in [2.45, 2.75) is 0 Å². The lowest BCUT2D eigenvalue weighted by atomic mass is 10.0. The minimum atomic E-state index is 0.835. The van der Waals surface area contributed by atoms with Crippen LogP contribution in [0.1, 0.15) is 0 Å². The molecule has 0 nitrogen and oxygen atoms in total. The SMILES string of the molecule is Clc1ccc(-c2ccc(-c3ccc(-c4ccc(-c5ccccc5)cc4)s3)s2)s1. The summed E-state index contributed by atoms with van der Waals surface area (Å²) < 4.78 is 0.835. The van der Waals surface area contributed by atoms with Crippen LogP contribution in [0.25, 0.3) is 41.1 Å². The van der Waals surface area contributed by atoms with E-state index in [9.17, 15) is 0 Å². The van der Waals surface area contributed by atoms with Gasteiger partial charge in [0.25, 0.3) is 0 Å². The third kappa shape index (κ3) is 3.59. The molecule has 2 aromatic carbocycles. The molecule has 0 aliphatic carbocycles. The van der Waals surface area contributed by atoms with Gasteiger partial charge in [-0.05, 0) is 53.1 Å². The van der Waals surface area contributed by atoms with E-state index in [0.717, 1.165) is 4.34 Å². The minimum Gasteiger partial charge on any atom is -0.134 e. The molecule has 5 rings (SSSR count). The topological polar surface area (TPSA) is 0 Å². The molecule has 0 unspecified atom stereocenters. The third-order valence-corrected chi connectivity index (χ3v) is 8.39. The van der Waals surface area contributed by atoms with Gasteiger partial charge in [0.05, 0.1) is 4.34 Å². The molecule has 4 heteroatoms. The molecule has 28 heavy (non-hydrogen) atoms. The molecule has 0 N–H and O–H groups in total. The molecule has 0 saturated heterocycles. The van der Waals surface area contributed by atoms with Crippen LogP contribution in [0, 0.1) is 0 Å². The van der Waals surface area contributed by atoms with Crippen LogP contribution in [0.5, 0.6) is 0 Å². The van der Waals surface area contributed by atoms with E-state index in [1.807, 2.05) is 34.8 Å². The quantitative estimate of drug-likeness (QED) is 0.264. The first-order valence-corrected chi connectivity index (χ1v) is 11.7. The van der Waals surface area contributed by atoms with Gasteiger partial charge in [0, 0.05) is 24.4 Å². The summed E-state index contributed by atoms with van der Waals surface area (Å²) in [6.45, 7) is 0. The molecule has 3 heterocycles. The maximum atomic E-state index is 6.08. The second-order valence-corrected chi connectivity index (χ2v) is 10.3. The molecule has 0 aliphatic heterocycles. The average molecular weight is 435 g/mol. The molecular weight excluding hydrogens is 420 g/mol. The molecule has 0 saturated carbocycles. The molecule has 0 spiro atoms. The van der Waals surface area contributed by atoms with E-state index in [1.54, 1.807) is 11.3 Å². The smallest absolute Gasteiger partial charge is 0.0935 e. The first-order valence-electron chi connectivity index (χ1n) is 8.88. The Labute approximate surface area is 181 Å². The Kier molecular flexibility index (Phi) is 4.91. The highest BCUT2D eigenvalue weighted by Crippen LogP contribution is 2.42. The number of rotatable bonds is 4. The first kappa shape index (κ1) is 17.9. The third-order valence-electron chi connectivity index (χ3n) is 4.55. The van der Waals surface area contributed by atoms with Crippen LogP contribution in [0.3, 0.4) is 0 Å². The molecule has 0 radical (unpaired) electrons. The molecule has 0 fully saturated rings. The Morgan fingerprint density at radius 1 is 0.393 bits per heavy atom. The van der Waals surface area contributed by atoms with E-state index < -0.39 is 0 Å². The first-order chi connectivity index (χ1) is 13.8. The molecule has 3 aromatic heterocycles. The highest BCUT2D eigenvalue weighted by atomic mass is 35.5. The number of hydrogen-bond donors (Lipinski definition) is 0. The summed E-state index contributed by atoms with van der Waals surface area (Å²) in [4.78, 5) is 6.41. The van der Waals surface area contributed by atoms with Crippen LogP contribution >= 0.6 is 45.6 Å². The molecule has 5 aromatic rings. The van der Waals surface area contributed by atoms with Crippen LogP contribution in [-0.2, 0) is 0 Å². The van der Waals surface area contributed by atoms with Crippen molar-refractivity contribution in [2.24, 2.45) is 0 Å². The highest BCUT2D eigenvalue weighted by molar-refractivity contribution is 7.28. The summed E-state index contributed by atoms with van der Waals surface area (Å²) in [5.41, 5.74) is 3.76. The molecule has 0 atom stereocenters. The van der Waals surface area contributed by atoms with Gasteiger partial charge in [-0.1, -0.05) is 66.2 Å². The van der Waals surface area contributed by atoms with Crippen molar-refractivity contribution in [1.29, 1.82) is 0 Å². The van der Waals surface area contributed by atoms with Crippen molar-refractivity contribution in [2.75, 3.05) is 0 Å². The van der Waals surface area contributed by atoms with Crippen LogP contribution in [0.2, 0.25) is 4.34 Å². The zero-order chi connectivity index (χ0) is 18.9. The van der Waals surface area contributed by atoms with Gasteiger partial charge >= 0.3 is 0 Å². The number of halogens is 1. The van der Waals surface area contributed by atoms with Crippen LogP contribution < -0.4 is 0 Å². The summed E-state index contributed by atoms with van der Waals surface area (Å²) in [6, 6.07) is 32.2. The second kappa shape index (κ2) is 7.69. The number of benzene rings is 2. The molecular formula is C24H15ClS3. The van der Waals surface area contributed by atoms with Gasteiger partial charge in [0.2, 0.25) is 0 Å². The summed E-state index contributed by atoms with van der Waals surface area (Å²) in [7, 11) is 0. The maximum Gasteiger partial charge on any atom is 0.0935 e.